The molecule has 1 aromatic carbocycles. The Morgan fingerprint density at radius 2 is 2.10 bits per heavy atom. The van der Waals surface area contributed by atoms with Gasteiger partial charge in [-0.15, -0.1) is 5.10 Å². The second kappa shape index (κ2) is 5.94. The zero-order valence-corrected chi connectivity index (χ0v) is 12.3. The van der Waals surface area contributed by atoms with E-state index >= 15 is 0 Å². The van der Waals surface area contributed by atoms with Crippen LogP contribution < -0.4 is 10.5 Å². The smallest absolute Gasteiger partial charge is 0.121 e. The summed E-state index contributed by atoms with van der Waals surface area (Å²) in [6, 6.07) is 7.47. The van der Waals surface area contributed by atoms with Crippen molar-refractivity contribution in [1.82, 2.24) is 15.0 Å². The standard InChI is InChI=1S/C15H22N4O/c1-15(2,3)14-11-17-18-19(14)8-5-9-20-13-7-4-6-12(16)10-13/h4,6-7,10-11H,5,8-9,16H2,1-3H3. The first-order valence-corrected chi connectivity index (χ1v) is 6.84. The molecule has 2 rings (SSSR count). The first-order chi connectivity index (χ1) is 9.47. The van der Waals surface area contributed by atoms with Crippen molar-refractivity contribution in [2.45, 2.75) is 39.2 Å². The van der Waals surface area contributed by atoms with E-state index in [9.17, 15) is 0 Å². The van der Waals surface area contributed by atoms with Gasteiger partial charge >= 0.3 is 0 Å². The molecule has 1 aromatic heterocycles. The van der Waals surface area contributed by atoms with E-state index in [4.69, 9.17) is 10.5 Å². The number of nitrogens with zero attached hydrogens (tertiary/aromatic N) is 3. The molecule has 0 fully saturated rings. The maximum Gasteiger partial charge on any atom is 0.121 e. The van der Waals surface area contributed by atoms with E-state index in [-0.39, 0.29) is 5.41 Å². The van der Waals surface area contributed by atoms with E-state index in [0.29, 0.717) is 12.3 Å². The van der Waals surface area contributed by atoms with Crippen molar-refractivity contribution >= 4 is 5.69 Å². The third-order valence-corrected chi connectivity index (χ3v) is 3.03. The van der Waals surface area contributed by atoms with Crippen LogP contribution in [0.1, 0.15) is 32.9 Å². The molecule has 0 aliphatic rings. The van der Waals surface area contributed by atoms with Crippen LogP contribution in [0, 0.1) is 0 Å². The molecule has 2 aromatic rings. The molecule has 5 nitrogen and oxygen atoms in total. The van der Waals surface area contributed by atoms with Crippen LogP contribution in [0.4, 0.5) is 5.69 Å². The van der Waals surface area contributed by atoms with E-state index in [1.54, 1.807) is 0 Å². The third-order valence-electron chi connectivity index (χ3n) is 3.03. The second-order valence-electron chi connectivity index (χ2n) is 5.87. The highest BCUT2D eigenvalue weighted by Crippen LogP contribution is 2.21. The number of rotatable bonds is 5. The topological polar surface area (TPSA) is 66.0 Å². The van der Waals surface area contributed by atoms with Gasteiger partial charge in [0, 0.05) is 30.1 Å². The molecule has 0 spiro atoms. The van der Waals surface area contributed by atoms with Gasteiger partial charge in [-0.2, -0.15) is 0 Å². The van der Waals surface area contributed by atoms with E-state index in [1.165, 1.54) is 0 Å². The number of benzene rings is 1. The highest BCUT2D eigenvalue weighted by Gasteiger charge is 2.19. The van der Waals surface area contributed by atoms with Crippen molar-refractivity contribution in [3.63, 3.8) is 0 Å². The minimum Gasteiger partial charge on any atom is -0.493 e. The Labute approximate surface area is 119 Å². The molecule has 2 N–H and O–H groups in total. The van der Waals surface area contributed by atoms with Gasteiger partial charge in [-0.1, -0.05) is 32.1 Å². The summed E-state index contributed by atoms with van der Waals surface area (Å²) in [7, 11) is 0. The average molecular weight is 274 g/mol. The molecular formula is C15H22N4O. The summed E-state index contributed by atoms with van der Waals surface area (Å²) in [6.07, 6.45) is 2.71. The van der Waals surface area contributed by atoms with Gasteiger partial charge in [-0.05, 0) is 12.1 Å². The monoisotopic (exact) mass is 274 g/mol. The number of ether oxygens (including phenoxy) is 1. The summed E-state index contributed by atoms with van der Waals surface area (Å²) in [5, 5.41) is 8.13. The Balaban J connectivity index is 1.84. The van der Waals surface area contributed by atoms with Gasteiger partial charge in [-0.3, -0.25) is 0 Å². The van der Waals surface area contributed by atoms with E-state index in [1.807, 2.05) is 35.1 Å². The highest BCUT2D eigenvalue weighted by molar-refractivity contribution is 5.43. The zero-order chi connectivity index (χ0) is 14.6. The van der Waals surface area contributed by atoms with Crippen molar-refractivity contribution in [3.05, 3.63) is 36.2 Å². The largest absolute Gasteiger partial charge is 0.493 e. The van der Waals surface area contributed by atoms with Crippen molar-refractivity contribution in [2.24, 2.45) is 0 Å². The molecular weight excluding hydrogens is 252 g/mol. The number of hydrogen-bond acceptors (Lipinski definition) is 4. The van der Waals surface area contributed by atoms with Gasteiger partial charge in [-0.25, -0.2) is 4.68 Å². The number of nitrogens with two attached hydrogens (primary N) is 1. The molecule has 0 saturated carbocycles. The molecule has 108 valence electrons. The Morgan fingerprint density at radius 1 is 1.30 bits per heavy atom. The molecule has 0 radical (unpaired) electrons. The predicted octanol–water partition coefficient (Wildman–Crippen LogP) is 2.63. The fourth-order valence-corrected chi connectivity index (χ4v) is 2.01. The Morgan fingerprint density at radius 3 is 2.80 bits per heavy atom. The lowest BCUT2D eigenvalue weighted by molar-refractivity contribution is 0.295. The number of hydrogen-bond donors (Lipinski definition) is 1. The lowest BCUT2D eigenvalue weighted by atomic mass is 9.93. The summed E-state index contributed by atoms with van der Waals surface area (Å²) in [5.41, 5.74) is 7.62. The lowest BCUT2D eigenvalue weighted by Gasteiger charge is -2.19. The van der Waals surface area contributed by atoms with Crippen molar-refractivity contribution in [2.75, 3.05) is 12.3 Å². The number of nitrogen functional groups attached to an aromatic ring is 1. The van der Waals surface area contributed by atoms with Crippen LogP contribution in [-0.2, 0) is 12.0 Å². The molecule has 0 bridgehead atoms. The molecule has 0 aliphatic carbocycles. The van der Waals surface area contributed by atoms with Gasteiger partial charge in [0.05, 0.1) is 18.5 Å². The van der Waals surface area contributed by atoms with Crippen molar-refractivity contribution < 1.29 is 4.74 Å². The van der Waals surface area contributed by atoms with E-state index in [0.717, 1.165) is 24.4 Å². The summed E-state index contributed by atoms with van der Waals surface area (Å²) < 4.78 is 7.62. The first-order valence-electron chi connectivity index (χ1n) is 6.84. The van der Waals surface area contributed by atoms with Gasteiger partial charge in [0.25, 0.3) is 0 Å². The Hall–Kier alpha value is -2.04. The Bertz CT molecular complexity index is 557. The molecule has 5 heteroatoms. The molecule has 0 atom stereocenters. The van der Waals surface area contributed by atoms with Gasteiger partial charge in [0.15, 0.2) is 0 Å². The molecule has 0 saturated heterocycles. The first kappa shape index (κ1) is 14.4. The van der Waals surface area contributed by atoms with Gasteiger partial charge in [0.2, 0.25) is 0 Å². The van der Waals surface area contributed by atoms with Gasteiger partial charge in [0.1, 0.15) is 5.75 Å². The molecule has 1 heterocycles. The Kier molecular flexibility index (Phi) is 4.27. The molecule has 0 aliphatic heterocycles. The third kappa shape index (κ3) is 3.73. The number of aryl methyl sites for hydroxylation is 1. The van der Waals surface area contributed by atoms with Crippen LogP contribution >= 0.6 is 0 Å². The summed E-state index contributed by atoms with van der Waals surface area (Å²) >= 11 is 0. The minimum atomic E-state index is 0.0538. The molecule has 0 amide bonds. The van der Waals surface area contributed by atoms with Crippen LogP contribution in [0.5, 0.6) is 5.75 Å². The maximum atomic E-state index is 5.71. The SMILES string of the molecule is CC(C)(C)c1cnnn1CCCOc1cccc(N)c1. The fraction of sp³-hybridized carbons (Fsp3) is 0.467. The fourth-order valence-electron chi connectivity index (χ4n) is 2.01. The summed E-state index contributed by atoms with van der Waals surface area (Å²) in [5.74, 6) is 0.805. The van der Waals surface area contributed by atoms with Crippen LogP contribution in [0.25, 0.3) is 0 Å². The number of aromatic nitrogens is 3. The average Bonchev–Trinajstić information content (AvgIpc) is 2.83. The van der Waals surface area contributed by atoms with Crippen molar-refractivity contribution in [3.8, 4) is 5.75 Å². The predicted molar refractivity (Wildman–Crippen MR) is 79.7 cm³/mol. The molecule has 0 unspecified atom stereocenters. The summed E-state index contributed by atoms with van der Waals surface area (Å²) in [4.78, 5) is 0. The normalized spacial score (nSPS) is 11.6. The summed E-state index contributed by atoms with van der Waals surface area (Å²) in [6.45, 7) is 7.91. The minimum absolute atomic E-state index is 0.0538. The quantitative estimate of drug-likeness (QED) is 0.672. The number of anilines is 1. The van der Waals surface area contributed by atoms with Crippen LogP contribution in [0.3, 0.4) is 0 Å². The highest BCUT2D eigenvalue weighted by atomic mass is 16.5. The van der Waals surface area contributed by atoms with Crippen LogP contribution in [-0.4, -0.2) is 21.6 Å². The second-order valence-corrected chi connectivity index (χ2v) is 5.87. The van der Waals surface area contributed by atoms with Crippen LogP contribution in [0.15, 0.2) is 30.5 Å². The molecule has 20 heavy (non-hydrogen) atoms. The van der Waals surface area contributed by atoms with Crippen molar-refractivity contribution in [1.29, 1.82) is 0 Å². The van der Waals surface area contributed by atoms with Crippen LogP contribution in [0.2, 0.25) is 0 Å². The van der Waals surface area contributed by atoms with E-state index < -0.39 is 0 Å². The van der Waals surface area contributed by atoms with E-state index in [2.05, 4.69) is 31.1 Å². The maximum absolute atomic E-state index is 5.71. The van der Waals surface area contributed by atoms with Gasteiger partial charge < -0.3 is 10.5 Å². The zero-order valence-electron chi connectivity index (χ0n) is 12.3. The lowest BCUT2D eigenvalue weighted by Crippen LogP contribution is -2.19.